The smallest absolute Gasteiger partial charge is 0.0715 e. The highest BCUT2D eigenvalue weighted by Crippen LogP contribution is 2.22. The first-order valence-corrected chi connectivity index (χ1v) is 5.31. The molecule has 0 aromatic carbocycles. The fraction of sp³-hybridized carbons (Fsp3) is 1.00. The van der Waals surface area contributed by atoms with Crippen molar-refractivity contribution in [3.05, 3.63) is 0 Å². The molecule has 12 heavy (non-hydrogen) atoms. The molecule has 70 valence electrons. The molecule has 1 N–H and O–H groups in total. The maximum Gasteiger partial charge on any atom is 0.0715 e. The molecule has 1 aliphatic heterocycles. The average Bonchev–Trinajstić information content (AvgIpc) is 2.59. The van der Waals surface area contributed by atoms with Crippen LogP contribution in [0.5, 0.6) is 0 Å². The second-order valence-corrected chi connectivity index (χ2v) is 4.01. The molecule has 2 nitrogen and oxygen atoms in total. The molecule has 1 aliphatic carbocycles. The summed E-state index contributed by atoms with van der Waals surface area (Å²) in [5.74, 6) is 0. The van der Waals surface area contributed by atoms with E-state index in [-0.39, 0.29) is 0 Å². The van der Waals surface area contributed by atoms with Crippen molar-refractivity contribution >= 4 is 0 Å². The van der Waals surface area contributed by atoms with E-state index in [0.29, 0.717) is 12.2 Å². The van der Waals surface area contributed by atoms with E-state index in [2.05, 4.69) is 5.32 Å². The molecule has 2 rings (SSSR count). The van der Waals surface area contributed by atoms with Crippen LogP contribution in [0.3, 0.4) is 0 Å². The van der Waals surface area contributed by atoms with Crippen molar-refractivity contribution < 1.29 is 4.74 Å². The first kappa shape index (κ1) is 8.52. The summed E-state index contributed by atoms with van der Waals surface area (Å²) in [5, 5.41) is 3.34. The van der Waals surface area contributed by atoms with Gasteiger partial charge in [0.2, 0.25) is 0 Å². The molecule has 0 unspecified atom stereocenters. The van der Waals surface area contributed by atoms with E-state index >= 15 is 0 Å². The Balaban J connectivity index is 1.69. The number of rotatable bonds is 2. The summed E-state index contributed by atoms with van der Waals surface area (Å²) in [5.41, 5.74) is 0. The molecule has 0 radical (unpaired) electrons. The molecule has 0 aromatic rings. The highest BCUT2D eigenvalue weighted by Gasteiger charge is 2.21. The van der Waals surface area contributed by atoms with E-state index in [4.69, 9.17) is 4.74 Å². The van der Waals surface area contributed by atoms with Gasteiger partial charge in [-0.1, -0.05) is 19.3 Å². The van der Waals surface area contributed by atoms with E-state index in [1.54, 1.807) is 0 Å². The van der Waals surface area contributed by atoms with Gasteiger partial charge < -0.3 is 10.1 Å². The van der Waals surface area contributed by atoms with E-state index in [1.165, 1.54) is 38.5 Å². The van der Waals surface area contributed by atoms with Gasteiger partial charge in [0.15, 0.2) is 0 Å². The first-order chi connectivity index (χ1) is 5.95. The van der Waals surface area contributed by atoms with E-state index in [9.17, 15) is 0 Å². The van der Waals surface area contributed by atoms with Crippen LogP contribution in [0.25, 0.3) is 0 Å². The Hall–Kier alpha value is -0.0800. The quantitative estimate of drug-likeness (QED) is 0.679. The molecule has 1 saturated carbocycles. The van der Waals surface area contributed by atoms with Crippen LogP contribution in [0.1, 0.15) is 38.5 Å². The fourth-order valence-electron chi connectivity index (χ4n) is 2.22. The Kier molecular flexibility index (Phi) is 3.01. The summed E-state index contributed by atoms with van der Waals surface area (Å²) in [6, 6.07) is 0. The van der Waals surface area contributed by atoms with Crippen LogP contribution < -0.4 is 5.32 Å². The van der Waals surface area contributed by atoms with E-state index < -0.39 is 0 Å². The topological polar surface area (TPSA) is 21.3 Å². The minimum absolute atomic E-state index is 0.521. The molecule has 0 bridgehead atoms. The van der Waals surface area contributed by atoms with Crippen LogP contribution in [0.2, 0.25) is 0 Å². The second kappa shape index (κ2) is 4.24. The minimum Gasteiger partial charge on any atom is -0.374 e. The molecular formula is C10H19NO. The third-order valence-electron chi connectivity index (χ3n) is 2.95. The number of ether oxygens (including phenoxy) is 1. The van der Waals surface area contributed by atoms with Gasteiger partial charge in [-0.3, -0.25) is 0 Å². The molecule has 1 saturated heterocycles. The Morgan fingerprint density at radius 1 is 0.917 bits per heavy atom. The Bertz CT molecular complexity index is 126. The molecule has 1 atom stereocenters. The second-order valence-electron chi connectivity index (χ2n) is 4.01. The number of hydrogen-bond donors (Lipinski definition) is 1. The lowest BCUT2D eigenvalue weighted by molar-refractivity contribution is -0.0197. The Morgan fingerprint density at radius 2 is 1.75 bits per heavy atom. The minimum atomic E-state index is 0.521. The monoisotopic (exact) mass is 169 g/mol. The van der Waals surface area contributed by atoms with Crippen molar-refractivity contribution in [3.8, 4) is 0 Å². The van der Waals surface area contributed by atoms with Gasteiger partial charge in [0, 0.05) is 6.54 Å². The van der Waals surface area contributed by atoms with Crippen LogP contribution in [0.4, 0.5) is 0 Å². The SMILES string of the molecule is C1CCC(O[C@@H]2CCNC2)CC1. The summed E-state index contributed by atoms with van der Waals surface area (Å²) < 4.78 is 5.99. The van der Waals surface area contributed by atoms with Gasteiger partial charge in [-0.25, -0.2) is 0 Å². The van der Waals surface area contributed by atoms with Gasteiger partial charge in [-0.05, 0) is 25.8 Å². The van der Waals surface area contributed by atoms with Crippen molar-refractivity contribution in [1.82, 2.24) is 5.32 Å². The summed E-state index contributed by atoms with van der Waals surface area (Å²) in [7, 11) is 0. The zero-order chi connectivity index (χ0) is 8.23. The van der Waals surface area contributed by atoms with Gasteiger partial charge in [0.1, 0.15) is 0 Å². The summed E-state index contributed by atoms with van der Waals surface area (Å²) in [4.78, 5) is 0. The lowest BCUT2D eigenvalue weighted by Crippen LogP contribution is -2.25. The van der Waals surface area contributed by atoms with Gasteiger partial charge in [0.05, 0.1) is 12.2 Å². The van der Waals surface area contributed by atoms with Gasteiger partial charge in [-0.2, -0.15) is 0 Å². The van der Waals surface area contributed by atoms with Gasteiger partial charge in [-0.15, -0.1) is 0 Å². The zero-order valence-electron chi connectivity index (χ0n) is 7.72. The average molecular weight is 169 g/mol. The summed E-state index contributed by atoms with van der Waals surface area (Å²) >= 11 is 0. The maximum absolute atomic E-state index is 5.99. The summed E-state index contributed by atoms with van der Waals surface area (Å²) in [6.45, 7) is 2.23. The molecule has 0 amide bonds. The zero-order valence-corrected chi connectivity index (χ0v) is 7.72. The molecule has 2 fully saturated rings. The van der Waals surface area contributed by atoms with Crippen LogP contribution >= 0.6 is 0 Å². The van der Waals surface area contributed by atoms with Crippen LogP contribution in [-0.2, 0) is 4.74 Å². The maximum atomic E-state index is 5.99. The standard InChI is InChI=1S/C10H19NO/c1-2-4-9(5-3-1)12-10-6-7-11-8-10/h9-11H,1-8H2/t10-/m1/s1. The number of hydrogen-bond acceptors (Lipinski definition) is 2. The molecular weight excluding hydrogens is 150 g/mol. The Morgan fingerprint density at radius 3 is 2.42 bits per heavy atom. The third-order valence-corrected chi connectivity index (χ3v) is 2.95. The van der Waals surface area contributed by atoms with Gasteiger partial charge in [0.25, 0.3) is 0 Å². The van der Waals surface area contributed by atoms with Gasteiger partial charge >= 0.3 is 0 Å². The number of nitrogens with one attached hydrogen (secondary N) is 1. The summed E-state index contributed by atoms with van der Waals surface area (Å²) in [6.07, 6.45) is 9.11. The van der Waals surface area contributed by atoms with Crippen molar-refractivity contribution in [2.75, 3.05) is 13.1 Å². The predicted molar refractivity (Wildman–Crippen MR) is 49.2 cm³/mol. The highest BCUT2D eigenvalue weighted by molar-refractivity contribution is 4.74. The van der Waals surface area contributed by atoms with Crippen molar-refractivity contribution in [1.29, 1.82) is 0 Å². The van der Waals surface area contributed by atoms with Crippen LogP contribution in [0.15, 0.2) is 0 Å². The fourth-order valence-corrected chi connectivity index (χ4v) is 2.22. The molecule has 2 aliphatic rings. The molecule has 0 aromatic heterocycles. The van der Waals surface area contributed by atoms with E-state index in [1.807, 2.05) is 0 Å². The molecule has 0 spiro atoms. The Labute approximate surface area is 74.7 Å². The first-order valence-electron chi connectivity index (χ1n) is 5.31. The van der Waals surface area contributed by atoms with E-state index in [0.717, 1.165) is 13.1 Å². The van der Waals surface area contributed by atoms with Crippen molar-refractivity contribution in [2.45, 2.75) is 50.7 Å². The predicted octanol–water partition coefficient (Wildman–Crippen LogP) is 1.70. The van der Waals surface area contributed by atoms with Crippen LogP contribution in [0, 0.1) is 0 Å². The lowest BCUT2D eigenvalue weighted by Gasteiger charge is -2.25. The molecule has 1 heterocycles. The third kappa shape index (κ3) is 2.20. The molecule has 2 heteroatoms. The highest BCUT2D eigenvalue weighted by atomic mass is 16.5. The van der Waals surface area contributed by atoms with Crippen molar-refractivity contribution in [2.24, 2.45) is 0 Å². The largest absolute Gasteiger partial charge is 0.374 e. The lowest BCUT2D eigenvalue weighted by atomic mass is 9.97. The van der Waals surface area contributed by atoms with Crippen molar-refractivity contribution in [3.63, 3.8) is 0 Å². The normalized spacial score (nSPS) is 32.5. The van der Waals surface area contributed by atoms with Crippen LogP contribution in [-0.4, -0.2) is 25.3 Å².